The lowest BCUT2D eigenvalue weighted by Crippen LogP contribution is -2.75. The van der Waals surface area contributed by atoms with Crippen molar-refractivity contribution in [2.45, 2.75) is 84.3 Å². The van der Waals surface area contributed by atoms with Crippen molar-refractivity contribution in [2.24, 2.45) is 5.92 Å². The van der Waals surface area contributed by atoms with Gasteiger partial charge in [-0.1, -0.05) is 46.0 Å². The number of methoxy groups -OCH3 is 1. The lowest BCUT2D eigenvalue weighted by atomic mass is 9.85. The monoisotopic (exact) mass is 555 g/mol. The van der Waals surface area contributed by atoms with Crippen molar-refractivity contribution in [2.75, 3.05) is 12.0 Å². The Labute approximate surface area is 232 Å². The number of aromatic nitrogens is 1. The van der Waals surface area contributed by atoms with Crippen molar-refractivity contribution in [3.63, 3.8) is 0 Å². The molecule has 2 amide bonds. The van der Waals surface area contributed by atoms with E-state index < -0.39 is 37.9 Å². The number of ether oxygens (including phenoxy) is 2. The van der Waals surface area contributed by atoms with Crippen LogP contribution in [0.3, 0.4) is 0 Å². The van der Waals surface area contributed by atoms with E-state index >= 15 is 0 Å². The number of carbonyl (C=O) groups excluding carboxylic acids is 2. The van der Waals surface area contributed by atoms with Crippen molar-refractivity contribution >= 4 is 32.0 Å². The van der Waals surface area contributed by atoms with E-state index in [4.69, 9.17) is 9.47 Å². The minimum atomic E-state index is -2.37. The molecule has 0 aliphatic carbocycles. The first-order valence-electron chi connectivity index (χ1n) is 13.1. The van der Waals surface area contributed by atoms with Gasteiger partial charge in [0.25, 0.3) is 0 Å². The van der Waals surface area contributed by atoms with Crippen LogP contribution in [0.15, 0.2) is 42.6 Å². The van der Waals surface area contributed by atoms with Gasteiger partial charge < -0.3 is 19.1 Å². The highest BCUT2D eigenvalue weighted by Gasteiger charge is 2.59. The summed E-state index contributed by atoms with van der Waals surface area (Å²) in [5, 5.41) is 9.88. The van der Waals surface area contributed by atoms with E-state index in [1.54, 1.807) is 50.8 Å². The molecule has 2 atom stereocenters. The first-order valence-corrected chi connectivity index (χ1v) is 16.1. The van der Waals surface area contributed by atoms with Crippen molar-refractivity contribution in [1.82, 2.24) is 9.55 Å². The Hall–Kier alpha value is -3.40. The average Bonchev–Trinajstić information content (AvgIpc) is 2.82. The minimum Gasteiger partial charge on any atom is -0.497 e. The summed E-state index contributed by atoms with van der Waals surface area (Å²) in [6, 6.07) is 9.96. The van der Waals surface area contributed by atoms with Gasteiger partial charge in [-0.05, 0) is 67.6 Å². The number of β-lactam (4-membered cyclic amide) rings is 1. The molecule has 1 aliphatic rings. The van der Waals surface area contributed by atoms with Gasteiger partial charge in [-0.3, -0.25) is 9.69 Å². The lowest BCUT2D eigenvalue weighted by Gasteiger charge is -2.56. The smallest absolute Gasteiger partial charge is 0.416 e. The summed E-state index contributed by atoms with van der Waals surface area (Å²) in [5.41, 5.74) is 0.856. The molecule has 1 aromatic carbocycles. The predicted octanol–water partition coefficient (Wildman–Crippen LogP) is 5.49. The van der Waals surface area contributed by atoms with E-state index in [0.29, 0.717) is 11.6 Å². The second-order valence-corrected chi connectivity index (χ2v) is 17.6. The third-order valence-corrected chi connectivity index (χ3v) is 12.9. The number of hydrogen-bond donors (Lipinski definition) is 1. The molecule has 1 saturated heterocycles. The zero-order chi connectivity index (χ0) is 29.3. The molecule has 1 N–H and O–H groups in total. The molecule has 212 valence electrons. The molecule has 1 aliphatic heterocycles. The number of pyridine rings is 1. The van der Waals surface area contributed by atoms with Gasteiger partial charge in [0.15, 0.2) is 8.24 Å². The fourth-order valence-electron chi connectivity index (χ4n) is 4.47. The van der Waals surface area contributed by atoms with Crippen molar-refractivity contribution < 1.29 is 29.0 Å². The molecule has 10 heteroatoms. The minimum absolute atomic E-state index is 0.130. The van der Waals surface area contributed by atoms with Gasteiger partial charge in [-0.15, -0.1) is 0 Å². The van der Waals surface area contributed by atoms with Gasteiger partial charge in [-0.25, -0.2) is 14.6 Å². The van der Waals surface area contributed by atoms with Crippen LogP contribution in [-0.4, -0.2) is 59.6 Å². The van der Waals surface area contributed by atoms with Gasteiger partial charge in [0.1, 0.15) is 23.2 Å². The standard InChI is InChI=1S/C29H41N3O6Si/c1-28(2,3)38-27(36)31(18-19-10-12-21(37-7)13-11-19)23-17-20(14-15-30-23)16-22-24(26(34)35)32(25(22)33)39(8,9)29(4,5)6/h10-15,17,22,24H,16,18H2,1-9H3,(H,34,35)/t22-,24+/m1/s1. The van der Waals surface area contributed by atoms with Crippen molar-refractivity contribution in [3.05, 3.63) is 53.7 Å². The Kier molecular flexibility index (Phi) is 8.50. The van der Waals surface area contributed by atoms with E-state index in [0.717, 1.165) is 11.1 Å². The summed E-state index contributed by atoms with van der Waals surface area (Å²) in [7, 11) is -0.786. The maximum absolute atomic E-state index is 13.3. The molecule has 1 aromatic heterocycles. The number of hydrogen-bond acceptors (Lipinski definition) is 6. The van der Waals surface area contributed by atoms with Gasteiger partial charge in [0.05, 0.1) is 19.6 Å². The first-order chi connectivity index (χ1) is 18.0. The van der Waals surface area contributed by atoms with Crippen LogP contribution < -0.4 is 9.64 Å². The Morgan fingerprint density at radius 2 is 1.67 bits per heavy atom. The average molecular weight is 556 g/mol. The lowest BCUT2D eigenvalue weighted by molar-refractivity contribution is -0.163. The van der Waals surface area contributed by atoms with Crippen LogP contribution in [0.25, 0.3) is 0 Å². The van der Waals surface area contributed by atoms with E-state index in [9.17, 15) is 19.5 Å². The molecule has 3 rings (SSSR count). The number of anilines is 1. The number of aliphatic carboxylic acids is 1. The molecule has 0 radical (unpaired) electrons. The van der Waals surface area contributed by atoms with Gasteiger partial charge in [0, 0.05) is 6.20 Å². The fourth-order valence-corrected chi connectivity index (χ4v) is 6.90. The summed E-state index contributed by atoms with van der Waals surface area (Å²) in [4.78, 5) is 44.7. The van der Waals surface area contributed by atoms with E-state index in [1.165, 1.54) is 4.90 Å². The zero-order valence-corrected chi connectivity index (χ0v) is 25.4. The van der Waals surface area contributed by atoms with Crippen LogP contribution in [-0.2, 0) is 27.3 Å². The second kappa shape index (κ2) is 11.0. The van der Waals surface area contributed by atoms with Gasteiger partial charge >= 0.3 is 12.1 Å². The summed E-state index contributed by atoms with van der Waals surface area (Å²) in [6.45, 7) is 15.8. The molecule has 2 heterocycles. The van der Waals surface area contributed by atoms with Crippen LogP contribution in [0.1, 0.15) is 52.7 Å². The fraction of sp³-hybridized carbons (Fsp3) is 0.517. The van der Waals surface area contributed by atoms with Crippen LogP contribution in [0.4, 0.5) is 10.6 Å². The van der Waals surface area contributed by atoms with Crippen LogP contribution >= 0.6 is 0 Å². The predicted molar refractivity (Wildman–Crippen MR) is 152 cm³/mol. The van der Waals surface area contributed by atoms with E-state index in [-0.39, 0.29) is 23.9 Å². The Morgan fingerprint density at radius 3 is 2.18 bits per heavy atom. The molecule has 39 heavy (non-hydrogen) atoms. The van der Waals surface area contributed by atoms with Crippen molar-refractivity contribution in [1.29, 1.82) is 0 Å². The number of carboxylic acid groups (broad SMARTS) is 1. The quantitative estimate of drug-likeness (QED) is 0.339. The van der Waals surface area contributed by atoms with Crippen LogP contribution in [0.5, 0.6) is 5.75 Å². The van der Waals surface area contributed by atoms with E-state index in [1.807, 2.05) is 37.4 Å². The highest BCUT2D eigenvalue weighted by molar-refractivity contribution is 6.80. The number of amides is 2. The first kappa shape index (κ1) is 30.1. The summed E-state index contributed by atoms with van der Waals surface area (Å²) < 4.78 is 12.5. The third-order valence-electron chi connectivity index (χ3n) is 7.56. The highest BCUT2D eigenvalue weighted by atomic mass is 28.3. The molecule has 0 bridgehead atoms. The molecule has 0 saturated carbocycles. The summed E-state index contributed by atoms with van der Waals surface area (Å²) in [5.74, 6) is -0.739. The number of rotatable bonds is 8. The Morgan fingerprint density at radius 1 is 1.05 bits per heavy atom. The molecule has 1 fully saturated rings. The number of carbonyl (C=O) groups is 3. The number of nitrogens with zero attached hydrogens (tertiary/aromatic N) is 3. The summed E-state index contributed by atoms with van der Waals surface area (Å²) in [6.07, 6.45) is 1.25. The van der Waals surface area contributed by atoms with E-state index in [2.05, 4.69) is 25.8 Å². The number of benzene rings is 1. The SMILES string of the molecule is COc1ccc(CN(C(=O)OC(C)(C)C)c2cc(C[C@H]3C(=O)N([Si](C)(C)C(C)(C)C)[C@@H]3C(=O)O)ccn2)cc1. The van der Waals surface area contributed by atoms with Gasteiger partial charge in [-0.2, -0.15) is 0 Å². The van der Waals surface area contributed by atoms with Crippen LogP contribution in [0.2, 0.25) is 18.1 Å². The van der Waals surface area contributed by atoms with Crippen LogP contribution in [0, 0.1) is 5.92 Å². The summed E-state index contributed by atoms with van der Waals surface area (Å²) >= 11 is 0. The molecule has 0 unspecified atom stereocenters. The topological polar surface area (TPSA) is 109 Å². The zero-order valence-electron chi connectivity index (χ0n) is 24.4. The molecular weight excluding hydrogens is 514 g/mol. The molecule has 0 spiro atoms. The molecule has 9 nitrogen and oxygen atoms in total. The second-order valence-electron chi connectivity index (χ2n) is 12.5. The maximum atomic E-state index is 13.3. The van der Waals surface area contributed by atoms with Gasteiger partial charge in [0.2, 0.25) is 5.91 Å². The highest BCUT2D eigenvalue weighted by Crippen LogP contribution is 2.45. The normalized spacial score (nSPS) is 17.9. The van der Waals surface area contributed by atoms with Crippen molar-refractivity contribution in [3.8, 4) is 5.75 Å². The maximum Gasteiger partial charge on any atom is 0.416 e. The largest absolute Gasteiger partial charge is 0.497 e. The molecular formula is C29H41N3O6Si. The Balaban J connectivity index is 1.90. The third kappa shape index (κ3) is 6.61. The molecule has 2 aromatic rings. The number of carboxylic acids is 1. The Bertz CT molecular complexity index is 1220.